The molecule has 2 fully saturated rings. The predicted octanol–water partition coefficient (Wildman–Crippen LogP) is 6.83. The van der Waals surface area contributed by atoms with Crippen LogP contribution in [0.5, 0.6) is 5.75 Å². The maximum atomic E-state index is 12.6. The summed E-state index contributed by atoms with van der Waals surface area (Å²) in [6.07, 6.45) is 6.86. The predicted molar refractivity (Wildman–Crippen MR) is 151 cm³/mol. The lowest BCUT2D eigenvalue weighted by Crippen LogP contribution is -2.39. The Labute approximate surface area is 228 Å². The molecule has 1 saturated carbocycles. The quantitative estimate of drug-likeness (QED) is 0.406. The van der Waals surface area contributed by atoms with E-state index in [9.17, 15) is 9.90 Å². The Hall–Kier alpha value is -2.67. The van der Waals surface area contributed by atoms with Crippen molar-refractivity contribution in [2.24, 2.45) is 16.7 Å². The Morgan fingerprint density at radius 2 is 1.74 bits per heavy atom. The zero-order valence-electron chi connectivity index (χ0n) is 24.4. The Kier molecular flexibility index (Phi) is 7.81. The third-order valence-corrected chi connectivity index (χ3v) is 7.86. The average Bonchev–Trinajstić information content (AvgIpc) is 2.80. The smallest absolute Gasteiger partial charge is 0.337 e. The largest absolute Gasteiger partial charge is 0.492 e. The van der Waals surface area contributed by atoms with Crippen LogP contribution in [0.25, 0.3) is 11.3 Å². The van der Waals surface area contributed by atoms with Crippen molar-refractivity contribution in [2.45, 2.75) is 92.8 Å². The van der Waals surface area contributed by atoms with Gasteiger partial charge in [-0.3, -0.25) is 9.97 Å². The molecule has 1 N–H and O–H groups in total. The molecule has 1 aliphatic carbocycles. The Balaban J connectivity index is 1.70. The number of carbonyl (C=O) groups is 1. The Bertz CT molecular complexity index is 1130. The van der Waals surface area contributed by atoms with Gasteiger partial charge in [-0.2, -0.15) is 0 Å². The molecule has 0 aromatic carbocycles. The summed E-state index contributed by atoms with van der Waals surface area (Å²) in [5.74, 6) is 0.329. The molecular formula is C31H45N3O4. The molecule has 0 unspecified atom stereocenters. The highest BCUT2D eigenvalue weighted by atomic mass is 16.5. The third kappa shape index (κ3) is 6.66. The number of hydrogen-bond donors (Lipinski definition) is 1. The van der Waals surface area contributed by atoms with Crippen LogP contribution >= 0.6 is 0 Å². The van der Waals surface area contributed by atoms with E-state index in [1.165, 1.54) is 12.8 Å². The van der Waals surface area contributed by atoms with Crippen LogP contribution in [0.3, 0.4) is 0 Å². The van der Waals surface area contributed by atoms with Crippen molar-refractivity contribution in [1.82, 2.24) is 9.97 Å². The lowest BCUT2D eigenvalue weighted by atomic mass is 9.65. The van der Waals surface area contributed by atoms with Gasteiger partial charge >= 0.3 is 5.97 Å². The molecular weight excluding hydrogens is 478 g/mol. The third-order valence-electron chi connectivity index (χ3n) is 7.86. The van der Waals surface area contributed by atoms with Crippen molar-refractivity contribution in [2.75, 3.05) is 24.6 Å². The van der Waals surface area contributed by atoms with Gasteiger partial charge in [0, 0.05) is 36.1 Å². The van der Waals surface area contributed by atoms with Gasteiger partial charge < -0.3 is 19.5 Å². The molecule has 3 heterocycles. The van der Waals surface area contributed by atoms with Gasteiger partial charge in [-0.05, 0) is 82.3 Å². The van der Waals surface area contributed by atoms with Crippen LogP contribution in [0.1, 0.15) is 91.5 Å². The molecule has 1 atom stereocenters. The molecule has 208 valence electrons. The van der Waals surface area contributed by atoms with Crippen LogP contribution in [0.4, 0.5) is 5.69 Å². The molecule has 0 radical (unpaired) electrons. The molecule has 7 nitrogen and oxygen atoms in total. The van der Waals surface area contributed by atoms with Crippen molar-refractivity contribution < 1.29 is 19.4 Å². The SMILES string of the molecule is Cc1ncc(-c2ccc(OCC3CC(C)(C)C3)cn2)c(N2CCC(C)(C)CC2)c1[C@H](OC(C)(C)C)C(=O)O. The van der Waals surface area contributed by atoms with E-state index in [0.717, 1.165) is 48.6 Å². The summed E-state index contributed by atoms with van der Waals surface area (Å²) in [5.41, 5.74) is 3.74. The topological polar surface area (TPSA) is 84.8 Å². The van der Waals surface area contributed by atoms with Crippen LogP contribution in [0, 0.1) is 23.7 Å². The summed E-state index contributed by atoms with van der Waals surface area (Å²) in [5, 5.41) is 10.3. The molecule has 0 bridgehead atoms. The van der Waals surface area contributed by atoms with Gasteiger partial charge in [0.15, 0.2) is 6.10 Å². The van der Waals surface area contributed by atoms with Crippen molar-refractivity contribution in [3.63, 3.8) is 0 Å². The maximum absolute atomic E-state index is 12.6. The van der Waals surface area contributed by atoms with E-state index in [1.807, 2.05) is 46.0 Å². The van der Waals surface area contributed by atoms with E-state index in [0.29, 0.717) is 29.2 Å². The summed E-state index contributed by atoms with van der Waals surface area (Å²) < 4.78 is 12.2. The number of aromatic nitrogens is 2. The number of rotatable bonds is 8. The second kappa shape index (κ2) is 10.5. The maximum Gasteiger partial charge on any atom is 0.337 e. The highest BCUT2D eigenvalue weighted by Gasteiger charge is 2.37. The monoisotopic (exact) mass is 523 g/mol. The number of pyridine rings is 2. The molecule has 38 heavy (non-hydrogen) atoms. The zero-order chi connectivity index (χ0) is 27.9. The van der Waals surface area contributed by atoms with Gasteiger partial charge in [0.1, 0.15) is 5.75 Å². The number of anilines is 1. The van der Waals surface area contributed by atoms with Crippen molar-refractivity contribution in [1.29, 1.82) is 0 Å². The van der Waals surface area contributed by atoms with Gasteiger partial charge in [-0.25, -0.2) is 4.79 Å². The van der Waals surface area contributed by atoms with E-state index in [1.54, 1.807) is 6.20 Å². The molecule has 1 saturated heterocycles. The van der Waals surface area contributed by atoms with E-state index >= 15 is 0 Å². The van der Waals surface area contributed by atoms with Crippen molar-refractivity contribution >= 4 is 11.7 Å². The number of hydrogen-bond acceptors (Lipinski definition) is 6. The highest BCUT2D eigenvalue weighted by Crippen LogP contribution is 2.45. The summed E-state index contributed by atoms with van der Waals surface area (Å²) in [4.78, 5) is 24.3. The summed E-state index contributed by atoms with van der Waals surface area (Å²) in [6.45, 7) is 19.0. The van der Waals surface area contributed by atoms with Crippen molar-refractivity contribution in [3.8, 4) is 17.0 Å². The van der Waals surface area contributed by atoms with Crippen LogP contribution in [-0.4, -0.2) is 46.3 Å². The number of carboxylic acid groups (broad SMARTS) is 1. The molecule has 2 aliphatic rings. The van der Waals surface area contributed by atoms with Crippen LogP contribution in [-0.2, 0) is 9.53 Å². The number of carboxylic acids is 1. The number of nitrogens with zero attached hydrogens (tertiary/aromatic N) is 3. The molecule has 1 aliphatic heterocycles. The van der Waals surface area contributed by atoms with E-state index < -0.39 is 17.7 Å². The summed E-state index contributed by atoms with van der Waals surface area (Å²) in [7, 11) is 0. The Morgan fingerprint density at radius 1 is 1.08 bits per heavy atom. The first-order chi connectivity index (χ1) is 17.6. The second-order valence-electron chi connectivity index (χ2n) is 13.7. The fraction of sp³-hybridized carbons (Fsp3) is 0.645. The molecule has 0 amide bonds. The summed E-state index contributed by atoms with van der Waals surface area (Å²) >= 11 is 0. The zero-order valence-corrected chi connectivity index (χ0v) is 24.4. The standard InChI is InChI=1S/C31H45N3O4/c1-20-25(27(28(35)36)38-29(2,3)4)26(34-13-11-30(5,6)12-14-34)23(18-32-20)24-10-9-22(17-33-24)37-19-21-15-31(7,8)16-21/h9-10,17-18,21,27H,11-16,19H2,1-8H3,(H,35,36)/t27-/m0/s1. The van der Waals surface area contributed by atoms with Gasteiger partial charge in [0.2, 0.25) is 0 Å². The normalized spacial score (nSPS) is 20.1. The molecule has 4 rings (SSSR count). The lowest BCUT2D eigenvalue weighted by Gasteiger charge is -2.42. The number of aryl methyl sites for hydroxylation is 1. The first kappa shape index (κ1) is 28.3. The van der Waals surface area contributed by atoms with E-state index in [2.05, 4.69) is 37.6 Å². The highest BCUT2D eigenvalue weighted by molar-refractivity contribution is 5.85. The van der Waals surface area contributed by atoms with E-state index in [-0.39, 0.29) is 5.41 Å². The van der Waals surface area contributed by atoms with Crippen LogP contribution in [0.2, 0.25) is 0 Å². The summed E-state index contributed by atoms with van der Waals surface area (Å²) in [6, 6.07) is 3.91. The molecule has 0 spiro atoms. The first-order valence-corrected chi connectivity index (χ1v) is 13.9. The van der Waals surface area contributed by atoms with Gasteiger partial charge in [0.05, 0.1) is 29.8 Å². The minimum Gasteiger partial charge on any atom is -0.492 e. The fourth-order valence-corrected chi connectivity index (χ4v) is 5.83. The minimum atomic E-state index is -1.14. The first-order valence-electron chi connectivity index (χ1n) is 13.9. The van der Waals surface area contributed by atoms with E-state index in [4.69, 9.17) is 14.5 Å². The second-order valence-corrected chi connectivity index (χ2v) is 13.7. The van der Waals surface area contributed by atoms with Crippen LogP contribution < -0.4 is 9.64 Å². The number of ether oxygens (including phenoxy) is 2. The lowest BCUT2D eigenvalue weighted by molar-refractivity contribution is -0.160. The average molecular weight is 524 g/mol. The van der Waals surface area contributed by atoms with Gasteiger partial charge in [0.25, 0.3) is 0 Å². The van der Waals surface area contributed by atoms with Gasteiger partial charge in [-0.1, -0.05) is 27.7 Å². The minimum absolute atomic E-state index is 0.250. The molecule has 2 aromatic heterocycles. The van der Waals surface area contributed by atoms with Crippen molar-refractivity contribution in [3.05, 3.63) is 35.8 Å². The number of piperidine rings is 1. The molecule has 2 aromatic rings. The van der Waals surface area contributed by atoms with Crippen LogP contribution in [0.15, 0.2) is 24.5 Å². The van der Waals surface area contributed by atoms with Gasteiger partial charge in [-0.15, -0.1) is 0 Å². The fourth-order valence-electron chi connectivity index (χ4n) is 5.83. The number of aliphatic carboxylic acids is 1. The molecule has 7 heteroatoms. The Morgan fingerprint density at radius 3 is 2.26 bits per heavy atom.